The smallest absolute Gasteiger partial charge is 0.337 e. The van der Waals surface area contributed by atoms with Crippen LogP contribution < -0.4 is 4.74 Å². The molecule has 9 heteroatoms. The van der Waals surface area contributed by atoms with Gasteiger partial charge in [0.1, 0.15) is 11.3 Å². The van der Waals surface area contributed by atoms with Crippen molar-refractivity contribution in [3.63, 3.8) is 0 Å². The number of aliphatic hydroxyl groups is 1. The first-order valence-corrected chi connectivity index (χ1v) is 12.0. The van der Waals surface area contributed by atoms with Crippen LogP contribution >= 0.6 is 11.6 Å². The number of benzene rings is 3. The molecule has 1 aliphatic rings. The highest BCUT2D eigenvalue weighted by atomic mass is 35.5. The molecule has 1 unspecified atom stereocenters. The predicted molar refractivity (Wildman–Crippen MR) is 139 cm³/mol. The zero-order valence-electron chi connectivity index (χ0n) is 20.4. The summed E-state index contributed by atoms with van der Waals surface area (Å²) in [5.41, 5.74) is 1.94. The summed E-state index contributed by atoms with van der Waals surface area (Å²) < 4.78 is 15.9. The maximum atomic E-state index is 13.7. The lowest BCUT2D eigenvalue weighted by Gasteiger charge is -2.27. The summed E-state index contributed by atoms with van der Waals surface area (Å²) in [6.07, 6.45) is 0. The van der Waals surface area contributed by atoms with Crippen molar-refractivity contribution in [3.8, 4) is 5.75 Å². The summed E-state index contributed by atoms with van der Waals surface area (Å²) in [5, 5.41) is 12.1. The topological polar surface area (TPSA) is 106 Å². The van der Waals surface area contributed by atoms with Crippen LogP contribution in [0.4, 0.5) is 0 Å². The van der Waals surface area contributed by atoms with E-state index in [0.717, 1.165) is 0 Å². The number of halogens is 1. The van der Waals surface area contributed by atoms with Crippen molar-refractivity contribution >= 4 is 40.2 Å². The largest absolute Gasteiger partial charge is 0.503 e. The van der Waals surface area contributed by atoms with Gasteiger partial charge >= 0.3 is 5.97 Å². The Morgan fingerprint density at radius 3 is 2.50 bits per heavy atom. The first-order chi connectivity index (χ1) is 18.3. The number of aliphatic hydroxyl groups excluding tert-OH is 1. The molecule has 0 saturated heterocycles. The number of Topliss-reactive ketones (excluding diaryl/α,β-unsaturated/α-hetero) is 1. The van der Waals surface area contributed by atoms with Crippen LogP contribution in [0.25, 0.3) is 11.0 Å². The molecular weight excluding hydrogens is 510 g/mol. The summed E-state index contributed by atoms with van der Waals surface area (Å²) in [7, 11) is 2.81. The molecule has 8 nitrogen and oxygen atoms in total. The molecule has 0 fully saturated rings. The normalized spacial score (nSPS) is 15.3. The van der Waals surface area contributed by atoms with Gasteiger partial charge in [-0.05, 0) is 59.7 Å². The van der Waals surface area contributed by atoms with E-state index < -0.39 is 29.5 Å². The minimum atomic E-state index is -0.929. The molecule has 0 radical (unpaired) electrons. The minimum absolute atomic E-state index is 0.0335. The Kier molecular flexibility index (Phi) is 6.65. The van der Waals surface area contributed by atoms with Gasteiger partial charge in [-0.2, -0.15) is 0 Å². The number of hydrogen-bond acceptors (Lipinski definition) is 7. The molecule has 1 aliphatic heterocycles. The monoisotopic (exact) mass is 531 g/mol. The SMILES string of the molecule is COC(=O)c1ccc(CN2C(=O)C(O)=C(C(=O)c3cc4cc(Cl)ccc4o3)C2c2cccc(OC)c2)cc1. The zero-order chi connectivity index (χ0) is 27.0. The second-order valence-electron chi connectivity index (χ2n) is 8.68. The van der Waals surface area contributed by atoms with E-state index in [1.54, 1.807) is 66.7 Å². The maximum Gasteiger partial charge on any atom is 0.337 e. The molecule has 0 aliphatic carbocycles. The van der Waals surface area contributed by atoms with Crippen LogP contribution in [0.2, 0.25) is 5.02 Å². The average molecular weight is 532 g/mol. The van der Waals surface area contributed by atoms with Gasteiger partial charge in [0.05, 0.1) is 31.4 Å². The Morgan fingerprint density at radius 2 is 1.79 bits per heavy atom. The second kappa shape index (κ2) is 10.1. The van der Waals surface area contributed by atoms with Gasteiger partial charge in [0, 0.05) is 17.0 Å². The summed E-state index contributed by atoms with van der Waals surface area (Å²) in [4.78, 5) is 40.3. The fraction of sp³-hybridized carbons (Fsp3) is 0.138. The number of furan rings is 1. The van der Waals surface area contributed by atoms with E-state index in [0.29, 0.717) is 38.4 Å². The molecule has 1 N–H and O–H groups in total. The van der Waals surface area contributed by atoms with Gasteiger partial charge in [-0.1, -0.05) is 35.9 Å². The van der Waals surface area contributed by atoms with Crippen LogP contribution in [0.1, 0.15) is 38.1 Å². The molecule has 1 amide bonds. The van der Waals surface area contributed by atoms with Gasteiger partial charge in [-0.25, -0.2) is 4.79 Å². The lowest BCUT2D eigenvalue weighted by atomic mass is 9.94. The molecule has 3 aromatic carbocycles. The van der Waals surface area contributed by atoms with Crippen LogP contribution in [-0.4, -0.2) is 41.9 Å². The third-order valence-corrected chi connectivity index (χ3v) is 6.62. The van der Waals surface area contributed by atoms with E-state index in [1.807, 2.05) is 0 Å². The minimum Gasteiger partial charge on any atom is -0.503 e. The molecule has 192 valence electrons. The fourth-order valence-electron chi connectivity index (χ4n) is 4.53. The van der Waals surface area contributed by atoms with Gasteiger partial charge in [0.15, 0.2) is 11.5 Å². The number of amides is 1. The Balaban J connectivity index is 1.56. The zero-order valence-corrected chi connectivity index (χ0v) is 21.2. The summed E-state index contributed by atoms with van der Waals surface area (Å²) in [6, 6.07) is 19.0. The van der Waals surface area contributed by atoms with Crippen molar-refractivity contribution in [2.24, 2.45) is 0 Å². The number of methoxy groups -OCH3 is 2. The molecule has 0 saturated carbocycles. The number of carbonyl (C=O) groups is 3. The molecule has 0 spiro atoms. The van der Waals surface area contributed by atoms with Gasteiger partial charge < -0.3 is 23.9 Å². The third-order valence-electron chi connectivity index (χ3n) is 6.39. The number of ketones is 1. The average Bonchev–Trinajstić information content (AvgIpc) is 3.47. The Hall–Kier alpha value is -4.56. The molecule has 4 aromatic rings. The van der Waals surface area contributed by atoms with Crippen LogP contribution in [-0.2, 0) is 16.1 Å². The van der Waals surface area contributed by atoms with Crippen molar-refractivity contribution in [1.82, 2.24) is 4.90 Å². The highest BCUT2D eigenvalue weighted by Crippen LogP contribution is 2.41. The second-order valence-corrected chi connectivity index (χ2v) is 9.12. The maximum absolute atomic E-state index is 13.7. The van der Waals surface area contributed by atoms with Crippen molar-refractivity contribution in [2.75, 3.05) is 14.2 Å². The van der Waals surface area contributed by atoms with Crippen LogP contribution in [0, 0.1) is 0 Å². The van der Waals surface area contributed by atoms with E-state index >= 15 is 0 Å². The van der Waals surface area contributed by atoms with Crippen molar-refractivity contribution < 1.29 is 33.4 Å². The Morgan fingerprint density at radius 1 is 1.03 bits per heavy atom. The van der Waals surface area contributed by atoms with E-state index in [2.05, 4.69) is 0 Å². The van der Waals surface area contributed by atoms with Crippen LogP contribution in [0.15, 0.2) is 88.5 Å². The molecule has 2 heterocycles. The molecule has 1 atom stereocenters. The molecule has 5 rings (SSSR count). The number of nitrogens with zero attached hydrogens (tertiary/aromatic N) is 1. The molecular formula is C29H22ClNO7. The first-order valence-electron chi connectivity index (χ1n) is 11.6. The standard InChI is InChI=1S/C29H22ClNO7/c1-36-21-5-3-4-18(13-21)25-24(26(32)23-14-19-12-20(30)10-11-22(19)38-23)27(33)28(34)31(25)15-16-6-8-17(9-7-16)29(35)37-2/h3-14,25,33H,15H2,1-2H3. The molecule has 38 heavy (non-hydrogen) atoms. The lowest BCUT2D eigenvalue weighted by Crippen LogP contribution is -2.30. The highest BCUT2D eigenvalue weighted by molar-refractivity contribution is 6.31. The summed E-state index contributed by atoms with van der Waals surface area (Å²) in [6.45, 7) is 0.0543. The van der Waals surface area contributed by atoms with E-state index in [1.165, 1.54) is 25.2 Å². The molecule has 0 bridgehead atoms. The van der Waals surface area contributed by atoms with Crippen molar-refractivity contribution in [2.45, 2.75) is 12.6 Å². The number of hydrogen-bond donors (Lipinski definition) is 1. The number of ether oxygens (including phenoxy) is 2. The quantitative estimate of drug-likeness (QED) is 0.242. The lowest BCUT2D eigenvalue weighted by molar-refractivity contribution is -0.130. The molecule has 1 aromatic heterocycles. The predicted octanol–water partition coefficient (Wildman–Crippen LogP) is 5.66. The van der Waals surface area contributed by atoms with Crippen LogP contribution in [0.3, 0.4) is 0 Å². The summed E-state index contributed by atoms with van der Waals surface area (Å²) >= 11 is 6.08. The van der Waals surface area contributed by atoms with Crippen molar-refractivity contribution in [1.29, 1.82) is 0 Å². The first kappa shape index (κ1) is 25.1. The van der Waals surface area contributed by atoms with Gasteiger partial charge in [-0.15, -0.1) is 0 Å². The van der Waals surface area contributed by atoms with Crippen molar-refractivity contribution in [3.05, 3.63) is 112 Å². The number of carbonyl (C=O) groups excluding carboxylic acids is 3. The Bertz CT molecular complexity index is 1600. The van der Waals surface area contributed by atoms with E-state index in [4.69, 9.17) is 25.5 Å². The van der Waals surface area contributed by atoms with E-state index in [9.17, 15) is 19.5 Å². The number of rotatable bonds is 7. The van der Waals surface area contributed by atoms with Gasteiger partial charge in [0.25, 0.3) is 5.91 Å². The van der Waals surface area contributed by atoms with Crippen LogP contribution in [0.5, 0.6) is 5.75 Å². The number of fused-ring (bicyclic) bond motifs is 1. The Labute approximate surface area is 222 Å². The highest BCUT2D eigenvalue weighted by Gasteiger charge is 2.44. The number of esters is 1. The van der Waals surface area contributed by atoms with Gasteiger partial charge in [-0.3, -0.25) is 9.59 Å². The van der Waals surface area contributed by atoms with Gasteiger partial charge in [0.2, 0.25) is 5.78 Å². The third kappa shape index (κ3) is 4.50. The summed E-state index contributed by atoms with van der Waals surface area (Å²) in [5.74, 6) is -1.99. The fourth-order valence-corrected chi connectivity index (χ4v) is 4.71. The van der Waals surface area contributed by atoms with E-state index in [-0.39, 0.29) is 17.9 Å².